The zero-order valence-electron chi connectivity index (χ0n) is 19.9. The molecule has 3 aromatic heterocycles. The first-order valence-corrected chi connectivity index (χ1v) is 12.3. The number of benzene rings is 1. The summed E-state index contributed by atoms with van der Waals surface area (Å²) >= 11 is 0. The molecule has 0 aliphatic rings. The Balaban J connectivity index is 1.97. The van der Waals surface area contributed by atoms with Crippen molar-refractivity contribution in [3.05, 3.63) is 36.2 Å². The summed E-state index contributed by atoms with van der Waals surface area (Å²) < 4.78 is 50.4. The summed E-state index contributed by atoms with van der Waals surface area (Å²) in [7, 11) is -2.40. The van der Waals surface area contributed by atoms with E-state index >= 15 is 0 Å². The minimum atomic E-state index is -3.83. The fraction of sp³-hybridized carbons (Fsp3) is 0.318. The van der Waals surface area contributed by atoms with E-state index in [-0.39, 0.29) is 33.7 Å². The molecule has 0 saturated carbocycles. The predicted molar refractivity (Wildman–Crippen MR) is 126 cm³/mol. The van der Waals surface area contributed by atoms with Crippen molar-refractivity contribution < 1.29 is 27.1 Å². The Morgan fingerprint density at radius 3 is 2.40 bits per heavy atom. The van der Waals surface area contributed by atoms with E-state index < -0.39 is 32.5 Å². The molecule has 3 heterocycles. The first-order chi connectivity index (χ1) is 16.2. The van der Waals surface area contributed by atoms with Gasteiger partial charge in [0.15, 0.2) is 5.75 Å². The maximum atomic E-state index is 14.7. The van der Waals surface area contributed by atoms with Gasteiger partial charge in [-0.3, -0.25) is 4.90 Å². The van der Waals surface area contributed by atoms with Gasteiger partial charge in [0, 0.05) is 18.7 Å². The molecule has 1 N–H and O–H groups in total. The van der Waals surface area contributed by atoms with Crippen molar-refractivity contribution in [3.8, 4) is 11.6 Å². The maximum Gasteiger partial charge on any atom is 0.414 e. The van der Waals surface area contributed by atoms with Crippen LogP contribution in [0.2, 0.25) is 0 Å². The number of nitrogens with zero attached hydrogens (tertiary/aromatic N) is 5. The van der Waals surface area contributed by atoms with Gasteiger partial charge in [-0.1, -0.05) is 0 Å². The molecule has 4 rings (SSSR count). The molecular formula is C22H23FN6O5S. The van der Waals surface area contributed by atoms with Crippen LogP contribution in [0.5, 0.6) is 11.6 Å². The van der Waals surface area contributed by atoms with Crippen molar-refractivity contribution >= 4 is 43.6 Å². The number of anilines is 1. The van der Waals surface area contributed by atoms with Gasteiger partial charge < -0.3 is 14.5 Å². The van der Waals surface area contributed by atoms with E-state index in [2.05, 4.69) is 24.9 Å². The number of halogens is 1. The van der Waals surface area contributed by atoms with E-state index in [0.29, 0.717) is 11.3 Å². The van der Waals surface area contributed by atoms with Crippen molar-refractivity contribution in [2.45, 2.75) is 38.5 Å². The first kappa shape index (κ1) is 24.3. The molecule has 0 radical (unpaired) electrons. The lowest BCUT2D eigenvalue weighted by Gasteiger charge is -2.25. The number of sulfone groups is 1. The molecule has 1 aromatic carbocycles. The van der Waals surface area contributed by atoms with Crippen molar-refractivity contribution in [2.24, 2.45) is 0 Å². The number of carbonyl (C=O) groups excluding carboxylic acids is 1. The second kappa shape index (κ2) is 8.41. The van der Waals surface area contributed by atoms with Gasteiger partial charge in [-0.05, 0) is 39.8 Å². The lowest BCUT2D eigenvalue weighted by Crippen LogP contribution is -2.34. The highest BCUT2D eigenvalue weighted by atomic mass is 32.2. The topological polar surface area (TPSA) is 140 Å². The summed E-state index contributed by atoms with van der Waals surface area (Å²) in [5, 5.41) is -0.0121. The summed E-state index contributed by atoms with van der Waals surface area (Å²) in [6.07, 6.45) is 3.04. The van der Waals surface area contributed by atoms with Gasteiger partial charge in [-0.15, -0.1) is 0 Å². The largest absolute Gasteiger partial charge is 0.443 e. The fourth-order valence-electron chi connectivity index (χ4n) is 3.27. The van der Waals surface area contributed by atoms with Crippen molar-refractivity contribution in [1.82, 2.24) is 24.9 Å². The summed E-state index contributed by atoms with van der Waals surface area (Å²) in [5.41, 5.74) is -0.244. The zero-order valence-corrected chi connectivity index (χ0v) is 20.7. The summed E-state index contributed by atoms with van der Waals surface area (Å²) in [6.45, 7) is 6.83. The molecule has 0 atom stereocenters. The molecule has 4 aromatic rings. The maximum absolute atomic E-state index is 14.7. The lowest BCUT2D eigenvalue weighted by molar-refractivity contribution is 0.0589. The molecule has 0 saturated heterocycles. The standard InChI is InChI=1S/C22H23FN6O5S/c1-11-24-9-13(10-25-11)33-19-16-14-7-12(23)8-15(29(5)21(30)34-22(2,3)4)17(14)26-18(16)27-20(28-19)35(6,31)32/h7-10H,1-6H3,(H,26,27,28). The van der Waals surface area contributed by atoms with Gasteiger partial charge in [0.2, 0.25) is 15.7 Å². The number of carbonyl (C=O) groups is 1. The summed E-state index contributed by atoms with van der Waals surface area (Å²) in [5.74, 6) is -0.107. The molecule has 0 fully saturated rings. The van der Waals surface area contributed by atoms with Crippen LogP contribution < -0.4 is 9.64 Å². The summed E-state index contributed by atoms with van der Waals surface area (Å²) in [6, 6.07) is 2.36. The van der Waals surface area contributed by atoms with Gasteiger partial charge in [0.25, 0.3) is 5.16 Å². The third-order valence-electron chi connectivity index (χ3n) is 4.78. The number of amides is 1. The molecule has 13 heteroatoms. The molecule has 11 nitrogen and oxygen atoms in total. The Morgan fingerprint density at radius 2 is 1.80 bits per heavy atom. The first-order valence-electron chi connectivity index (χ1n) is 10.4. The number of hydrogen-bond acceptors (Lipinski definition) is 9. The Hall–Kier alpha value is -3.87. The second-order valence-electron chi connectivity index (χ2n) is 8.89. The van der Waals surface area contributed by atoms with E-state index in [1.165, 1.54) is 25.5 Å². The molecule has 0 unspecified atom stereocenters. The number of aromatic nitrogens is 5. The van der Waals surface area contributed by atoms with E-state index in [1.54, 1.807) is 27.7 Å². The number of fused-ring (bicyclic) bond motifs is 3. The minimum absolute atomic E-state index is 0.0721. The van der Waals surface area contributed by atoms with Crippen molar-refractivity contribution in [3.63, 3.8) is 0 Å². The number of aryl methyl sites for hydroxylation is 1. The van der Waals surface area contributed by atoms with E-state index in [0.717, 1.165) is 17.2 Å². The van der Waals surface area contributed by atoms with E-state index in [9.17, 15) is 17.6 Å². The lowest BCUT2D eigenvalue weighted by atomic mass is 10.1. The van der Waals surface area contributed by atoms with Crippen LogP contribution in [0.1, 0.15) is 26.6 Å². The highest BCUT2D eigenvalue weighted by Crippen LogP contribution is 2.38. The number of rotatable bonds is 4. The monoisotopic (exact) mass is 502 g/mol. The van der Waals surface area contributed by atoms with Crippen LogP contribution in [0.15, 0.2) is 29.7 Å². The fourth-order valence-corrected chi connectivity index (χ4v) is 3.78. The van der Waals surface area contributed by atoms with Gasteiger partial charge >= 0.3 is 6.09 Å². The van der Waals surface area contributed by atoms with Crippen LogP contribution in [-0.2, 0) is 14.6 Å². The number of H-pyrrole nitrogens is 1. The minimum Gasteiger partial charge on any atom is -0.443 e. The summed E-state index contributed by atoms with van der Waals surface area (Å²) in [4.78, 5) is 33.1. The third-order valence-corrected chi connectivity index (χ3v) is 5.63. The number of ether oxygens (including phenoxy) is 2. The molecule has 0 aliphatic heterocycles. The van der Waals surface area contributed by atoms with Crippen LogP contribution in [0.3, 0.4) is 0 Å². The number of hydrogen-bond donors (Lipinski definition) is 1. The second-order valence-corrected chi connectivity index (χ2v) is 10.8. The molecular weight excluding hydrogens is 479 g/mol. The Kier molecular flexibility index (Phi) is 5.83. The van der Waals surface area contributed by atoms with Crippen LogP contribution in [0.4, 0.5) is 14.9 Å². The Labute approximate surface area is 200 Å². The predicted octanol–water partition coefficient (Wildman–Crippen LogP) is 3.92. The molecule has 0 aliphatic carbocycles. The molecule has 0 spiro atoms. The van der Waals surface area contributed by atoms with E-state index in [1.807, 2.05) is 0 Å². The smallest absolute Gasteiger partial charge is 0.414 e. The SMILES string of the molecule is Cc1ncc(Oc2nc(S(C)(=O)=O)nc3[nH]c4c(N(C)C(=O)OC(C)(C)C)cc(F)cc4c23)cn1. The average molecular weight is 503 g/mol. The third kappa shape index (κ3) is 4.99. The highest BCUT2D eigenvalue weighted by Gasteiger charge is 2.26. The normalized spacial score (nSPS) is 12.2. The number of nitrogens with one attached hydrogen (secondary N) is 1. The van der Waals surface area contributed by atoms with Crippen LogP contribution in [0.25, 0.3) is 21.9 Å². The van der Waals surface area contributed by atoms with Crippen LogP contribution in [-0.4, -0.2) is 58.3 Å². The highest BCUT2D eigenvalue weighted by molar-refractivity contribution is 7.90. The van der Waals surface area contributed by atoms with Crippen molar-refractivity contribution in [2.75, 3.05) is 18.2 Å². The van der Waals surface area contributed by atoms with Gasteiger partial charge in [0.05, 0.1) is 29.0 Å². The van der Waals surface area contributed by atoms with Crippen LogP contribution in [0, 0.1) is 12.7 Å². The number of aromatic amines is 1. The zero-order chi connectivity index (χ0) is 25.7. The van der Waals surface area contributed by atoms with Gasteiger partial charge in [0.1, 0.15) is 22.9 Å². The van der Waals surface area contributed by atoms with Crippen molar-refractivity contribution in [1.29, 1.82) is 0 Å². The molecule has 184 valence electrons. The van der Waals surface area contributed by atoms with Gasteiger partial charge in [-0.2, -0.15) is 9.97 Å². The molecule has 0 bridgehead atoms. The van der Waals surface area contributed by atoms with Crippen LogP contribution >= 0.6 is 0 Å². The molecule has 1 amide bonds. The van der Waals surface area contributed by atoms with E-state index in [4.69, 9.17) is 9.47 Å². The average Bonchev–Trinajstić information content (AvgIpc) is 3.11. The Morgan fingerprint density at radius 1 is 1.14 bits per heavy atom. The molecule has 35 heavy (non-hydrogen) atoms. The quantitative estimate of drug-likeness (QED) is 0.411. The van der Waals surface area contributed by atoms with Gasteiger partial charge in [-0.25, -0.2) is 27.6 Å². The Bertz CT molecular complexity index is 1560.